The lowest BCUT2D eigenvalue weighted by molar-refractivity contribution is -0.338. The van der Waals surface area contributed by atoms with E-state index in [1.165, 1.54) is 21.0 Å². The zero-order chi connectivity index (χ0) is 34.9. The van der Waals surface area contributed by atoms with Crippen molar-refractivity contribution < 1.29 is 58.2 Å². The van der Waals surface area contributed by atoms with E-state index in [9.17, 15) is 34.5 Å². The standard InChI is InChI=1S/C33H51NO12/c1-15-19(44-27(39)23(37)17(3)34-28(40)46-29(5,6)7)13-33(41)16(2)25-31(10,26(38)24(42-11)22(15)30(33,8)9)20(36)12-21-32(25,14-43-21)45-18(4)35/h16-17,19-21,23-25,36-37,41H,12-14H2,1-11H3,(H,34,40)/t16?,17?,19?,20?,21?,23?,24?,25?,31-,32?,33?/m1/s1. The van der Waals surface area contributed by atoms with E-state index in [1.807, 2.05) is 0 Å². The number of methoxy groups -OCH3 is 1. The first-order valence-electron chi connectivity index (χ1n) is 15.9. The van der Waals surface area contributed by atoms with Gasteiger partial charge in [0.05, 0.1) is 29.8 Å². The van der Waals surface area contributed by atoms with E-state index in [2.05, 4.69) is 5.32 Å². The average molecular weight is 654 g/mol. The van der Waals surface area contributed by atoms with Crippen molar-refractivity contribution in [2.45, 2.75) is 135 Å². The molecule has 4 N–H and O–H groups in total. The van der Waals surface area contributed by atoms with Crippen molar-refractivity contribution >= 4 is 23.8 Å². The number of nitrogens with one attached hydrogen (secondary N) is 1. The summed E-state index contributed by atoms with van der Waals surface area (Å²) in [6.45, 7) is 16.3. The molecule has 1 aliphatic heterocycles. The minimum absolute atomic E-state index is 0.0229. The van der Waals surface area contributed by atoms with Gasteiger partial charge in [0, 0.05) is 38.2 Å². The van der Waals surface area contributed by atoms with E-state index >= 15 is 0 Å². The second-order valence-electron chi connectivity index (χ2n) is 15.3. The quantitative estimate of drug-likeness (QED) is 0.186. The topological polar surface area (TPSA) is 187 Å². The monoisotopic (exact) mass is 653 g/mol. The van der Waals surface area contributed by atoms with Crippen LogP contribution in [0.15, 0.2) is 11.1 Å². The van der Waals surface area contributed by atoms with Gasteiger partial charge in [-0.25, -0.2) is 9.59 Å². The fourth-order valence-corrected chi connectivity index (χ4v) is 8.68. The number of carbonyl (C=O) groups is 4. The van der Waals surface area contributed by atoms with Crippen molar-refractivity contribution in [2.75, 3.05) is 13.7 Å². The molecular weight excluding hydrogens is 602 g/mol. The third-order valence-electron chi connectivity index (χ3n) is 11.1. The van der Waals surface area contributed by atoms with Crippen molar-refractivity contribution in [3.8, 4) is 0 Å². The number of alkyl carbamates (subject to hydrolysis) is 1. The number of ether oxygens (including phenoxy) is 5. The Morgan fingerprint density at radius 2 is 1.76 bits per heavy atom. The van der Waals surface area contributed by atoms with Crippen LogP contribution in [0.5, 0.6) is 0 Å². The van der Waals surface area contributed by atoms with Crippen LogP contribution in [0.1, 0.15) is 82.1 Å². The van der Waals surface area contributed by atoms with Crippen molar-refractivity contribution in [2.24, 2.45) is 22.7 Å². The van der Waals surface area contributed by atoms with Gasteiger partial charge in [0.15, 0.2) is 17.5 Å². The van der Waals surface area contributed by atoms with E-state index in [0.717, 1.165) is 0 Å². The first kappa shape index (κ1) is 36.3. The normalized spacial score (nSPS) is 39.7. The predicted molar refractivity (Wildman–Crippen MR) is 162 cm³/mol. The van der Waals surface area contributed by atoms with Crippen LogP contribution >= 0.6 is 0 Å². The third-order valence-corrected chi connectivity index (χ3v) is 11.1. The maximum absolute atomic E-state index is 14.7. The fourth-order valence-electron chi connectivity index (χ4n) is 8.68. The number of Topliss-reactive ketones (excluding diaryl/α,β-unsaturated/α-hetero) is 1. The summed E-state index contributed by atoms with van der Waals surface area (Å²) in [6.07, 6.45) is -6.97. The summed E-state index contributed by atoms with van der Waals surface area (Å²) >= 11 is 0. The molecule has 3 aliphatic carbocycles. The molecule has 10 unspecified atom stereocenters. The van der Waals surface area contributed by atoms with Crippen molar-refractivity contribution in [1.29, 1.82) is 0 Å². The lowest BCUT2D eigenvalue weighted by Crippen LogP contribution is -2.79. The molecule has 260 valence electrons. The summed E-state index contributed by atoms with van der Waals surface area (Å²) < 4.78 is 28.7. The Balaban J connectivity index is 1.79. The van der Waals surface area contributed by atoms with Gasteiger partial charge in [-0.05, 0) is 58.6 Å². The largest absolute Gasteiger partial charge is 0.456 e. The lowest BCUT2D eigenvalue weighted by atomic mass is 9.42. The highest BCUT2D eigenvalue weighted by Gasteiger charge is 2.76. The second-order valence-corrected chi connectivity index (χ2v) is 15.3. The molecule has 0 aromatic rings. The van der Waals surface area contributed by atoms with Gasteiger partial charge in [-0.2, -0.15) is 0 Å². The first-order valence-corrected chi connectivity index (χ1v) is 15.9. The highest BCUT2D eigenvalue weighted by atomic mass is 16.6. The van der Waals surface area contributed by atoms with Crippen LogP contribution in [0.4, 0.5) is 4.79 Å². The van der Waals surface area contributed by atoms with Crippen molar-refractivity contribution in [1.82, 2.24) is 5.32 Å². The number of carbonyl (C=O) groups excluding carboxylic acids is 4. The highest BCUT2D eigenvalue weighted by molar-refractivity contribution is 5.93. The number of ketones is 1. The molecule has 1 heterocycles. The smallest absolute Gasteiger partial charge is 0.407 e. The van der Waals surface area contributed by atoms with Gasteiger partial charge in [0.2, 0.25) is 0 Å². The number of hydrogen-bond donors (Lipinski definition) is 4. The molecule has 0 aromatic carbocycles. The van der Waals surface area contributed by atoms with Gasteiger partial charge in [0.25, 0.3) is 0 Å². The van der Waals surface area contributed by atoms with Crippen LogP contribution in [0.25, 0.3) is 0 Å². The van der Waals surface area contributed by atoms with E-state index in [-0.39, 0.29) is 19.4 Å². The van der Waals surface area contributed by atoms with Crippen molar-refractivity contribution in [3.63, 3.8) is 0 Å². The molecule has 0 aromatic heterocycles. The van der Waals surface area contributed by atoms with E-state index in [0.29, 0.717) is 11.1 Å². The van der Waals surface area contributed by atoms with E-state index in [1.54, 1.807) is 55.4 Å². The molecule has 4 rings (SSSR count). The fraction of sp³-hybridized carbons (Fsp3) is 0.818. The van der Waals surface area contributed by atoms with Gasteiger partial charge >= 0.3 is 18.0 Å². The van der Waals surface area contributed by atoms with Gasteiger partial charge in [-0.3, -0.25) is 9.59 Å². The second kappa shape index (κ2) is 11.8. The maximum atomic E-state index is 14.7. The lowest BCUT2D eigenvalue weighted by Gasteiger charge is -2.68. The number of aliphatic hydroxyl groups is 3. The Kier molecular flexibility index (Phi) is 9.33. The summed E-state index contributed by atoms with van der Waals surface area (Å²) in [6, 6.07) is -1.08. The summed E-state index contributed by atoms with van der Waals surface area (Å²) in [5.41, 5.74) is -5.62. The minimum Gasteiger partial charge on any atom is -0.456 e. The van der Waals surface area contributed by atoms with Crippen LogP contribution in [0.2, 0.25) is 0 Å². The maximum Gasteiger partial charge on any atom is 0.407 e. The number of amides is 1. The molecule has 46 heavy (non-hydrogen) atoms. The molecule has 1 saturated heterocycles. The number of fused-ring (bicyclic) bond motifs is 5. The Hall–Kier alpha value is -2.58. The summed E-state index contributed by atoms with van der Waals surface area (Å²) in [7, 11) is 1.36. The van der Waals surface area contributed by atoms with Crippen LogP contribution in [-0.2, 0) is 38.1 Å². The Labute approximate surface area is 270 Å². The molecule has 13 nitrogen and oxygen atoms in total. The number of esters is 2. The number of aliphatic hydroxyl groups excluding tert-OH is 2. The summed E-state index contributed by atoms with van der Waals surface area (Å²) in [5.74, 6) is -3.83. The predicted octanol–water partition coefficient (Wildman–Crippen LogP) is 1.97. The molecule has 2 saturated carbocycles. The highest BCUT2D eigenvalue weighted by Crippen LogP contribution is 2.65. The number of hydrogen-bond acceptors (Lipinski definition) is 12. The van der Waals surface area contributed by atoms with Crippen LogP contribution in [-0.4, -0.2) is 106 Å². The third kappa shape index (κ3) is 5.45. The summed E-state index contributed by atoms with van der Waals surface area (Å²) in [5, 5.41) is 37.7. The number of rotatable bonds is 6. The first-order chi connectivity index (χ1) is 21.0. The Bertz CT molecular complexity index is 1300. The average Bonchev–Trinajstić information content (AvgIpc) is 2.92. The molecule has 4 aliphatic rings. The molecule has 3 fully saturated rings. The Morgan fingerprint density at radius 3 is 2.26 bits per heavy atom. The Morgan fingerprint density at radius 1 is 1.15 bits per heavy atom. The van der Waals surface area contributed by atoms with Crippen molar-refractivity contribution in [3.05, 3.63) is 11.1 Å². The zero-order valence-electron chi connectivity index (χ0n) is 28.8. The molecule has 0 spiro atoms. The molecule has 2 bridgehead atoms. The van der Waals surface area contributed by atoms with Gasteiger partial charge in [-0.1, -0.05) is 20.8 Å². The SMILES string of the molecule is COC1C(=O)[C@]2(C)C(O)CC3OCC3(OC(C)=O)C2C(C)C2(O)CC(OC(=O)C(O)C(C)NC(=O)OC(C)(C)C)C(C)=C1C2(C)C. The van der Waals surface area contributed by atoms with Gasteiger partial charge in [0.1, 0.15) is 23.9 Å². The molecule has 11 atom stereocenters. The zero-order valence-corrected chi connectivity index (χ0v) is 28.8. The summed E-state index contributed by atoms with van der Waals surface area (Å²) in [4.78, 5) is 52.8. The molecule has 0 radical (unpaired) electrons. The van der Waals surface area contributed by atoms with Gasteiger partial charge in [-0.15, -0.1) is 0 Å². The minimum atomic E-state index is -1.78. The molecule has 1 amide bonds. The molecular formula is C33H51NO12. The van der Waals surface area contributed by atoms with E-state index < -0.39 is 99.8 Å². The van der Waals surface area contributed by atoms with Crippen LogP contribution < -0.4 is 5.32 Å². The van der Waals surface area contributed by atoms with Crippen LogP contribution in [0.3, 0.4) is 0 Å². The van der Waals surface area contributed by atoms with Crippen LogP contribution in [0, 0.1) is 22.7 Å². The molecule has 13 heteroatoms. The van der Waals surface area contributed by atoms with Gasteiger partial charge < -0.3 is 44.3 Å². The van der Waals surface area contributed by atoms with E-state index in [4.69, 9.17) is 23.7 Å².